The van der Waals surface area contributed by atoms with Crippen LogP contribution < -0.4 is 16.2 Å². The van der Waals surface area contributed by atoms with Crippen molar-refractivity contribution in [3.05, 3.63) is 65.1 Å². The molecule has 1 aromatic carbocycles. The standard InChI is InChI=1S/C18H18N4O4/c23-16(19-8-9-20-17(24)15-6-3-11-26-15)7-10-22-12-21-14-5-2-1-4-13(14)18(22)25/h1-6,11-12H,7-10H2,(H,19,23)(H,20,24). The zero-order valence-electron chi connectivity index (χ0n) is 14.0. The Bertz CT molecular complexity index is 963. The highest BCUT2D eigenvalue weighted by Gasteiger charge is 2.08. The third-order valence-corrected chi connectivity index (χ3v) is 3.79. The Labute approximate surface area is 148 Å². The molecule has 2 N–H and O–H groups in total. The minimum atomic E-state index is -0.335. The molecule has 26 heavy (non-hydrogen) atoms. The van der Waals surface area contributed by atoms with Gasteiger partial charge in [0.25, 0.3) is 11.5 Å². The van der Waals surface area contributed by atoms with Crippen LogP contribution in [0, 0.1) is 0 Å². The molecule has 0 aliphatic rings. The van der Waals surface area contributed by atoms with Crippen LogP contribution in [0.25, 0.3) is 10.9 Å². The van der Waals surface area contributed by atoms with Crippen molar-refractivity contribution < 1.29 is 14.0 Å². The average Bonchev–Trinajstić information content (AvgIpc) is 3.19. The average molecular weight is 354 g/mol. The largest absolute Gasteiger partial charge is 0.459 e. The second-order valence-corrected chi connectivity index (χ2v) is 5.59. The van der Waals surface area contributed by atoms with E-state index in [9.17, 15) is 14.4 Å². The molecule has 2 amide bonds. The summed E-state index contributed by atoms with van der Waals surface area (Å²) in [5.41, 5.74) is 0.458. The van der Waals surface area contributed by atoms with Gasteiger partial charge in [-0.1, -0.05) is 12.1 Å². The minimum absolute atomic E-state index is 0.145. The highest BCUT2D eigenvalue weighted by molar-refractivity contribution is 5.91. The molecule has 0 saturated carbocycles. The topological polar surface area (TPSA) is 106 Å². The van der Waals surface area contributed by atoms with Gasteiger partial charge in [-0.2, -0.15) is 0 Å². The summed E-state index contributed by atoms with van der Waals surface area (Å²) >= 11 is 0. The fourth-order valence-corrected chi connectivity index (χ4v) is 2.45. The number of hydrogen-bond donors (Lipinski definition) is 2. The minimum Gasteiger partial charge on any atom is -0.459 e. The van der Waals surface area contributed by atoms with E-state index in [4.69, 9.17) is 4.42 Å². The lowest BCUT2D eigenvalue weighted by Crippen LogP contribution is -2.35. The second-order valence-electron chi connectivity index (χ2n) is 5.59. The molecule has 0 radical (unpaired) electrons. The predicted molar refractivity (Wildman–Crippen MR) is 94.7 cm³/mol. The fourth-order valence-electron chi connectivity index (χ4n) is 2.45. The molecule has 0 spiro atoms. The molecule has 8 nitrogen and oxygen atoms in total. The highest BCUT2D eigenvalue weighted by atomic mass is 16.3. The van der Waals surface area contributed by atoms with E-state index < -0.39 is 0 Å². The summed E-state index contributed by atoms with van der Waals surface area (Å²) in [7, 11) is 0. The van der Waals surface area contributed by atoms with E-state index in [2.05, 4.69) is 15.6 Å². The number of nitrogens with one attached hydrogen (secondary N) is 2. The first-order valence-electron chi connectivity index (χ1n) is 8.18. The number of aryl methyl sites for hydroxylation is 1. The van der Waals surface area contributed by atoms with Gasteiger partial charge in [0, 0.05) is 26.1 Å². The van der Waals surface area contributed by atoms with Crippen LogP contribution in [0.3, 0.4) is 0 Å². The van der Waals surface area contributed by atoms with E-state index in [1.807, 2.05) is 6.07 Å². The maximum Gasteiger partial charge on any atom is 0.287 e. The van der Waals surface area contributed by atoms with Crippen molar-refractivity contribution in [1.29, 1.82) is 0 Å². The number of para-hydroxylation sites is 1. The Hall–Kier alpha value is -3.42. The maximum atomic E-state index is 12.3. The molecule has 0 aliphatic carbocycles. The lowest BCUT2D eigenvalue weighted by atomic mass is 10.2. The SMILES string of the molecule is O=C(CCn1cnc2ccccc2c1=O)NCCNC(=O)c1ccco1. The number of rotatable bonds is 7. The lowest BCUT2D eigenvalue weighted by Gasteiger charge is -2.08. The molecule has 3 rings (SSSR count). The predicted octanol–water partition coefficient (Wildman–Crippen LogP) is 0.926. The number of nitrogens with zero attached hydrogens (tertiary/aromatic N) is 2. The molecule has 0 saturated heterocycles. The van der Waals surface area contributed by atoms with Gasteiger partial charge >= 0.3 is 0 Å². The van der Waals surface area contributed by atoms with E-state index in [0.29, 0.717) is 10.9 Å². The molecule has 0 fully saturated rings. The van der Waals surface area contributed by atoms with Crippen molar-refractivity contribution in [3.8, 4) is 0 Å². The summed E-state index contributed by atoms with van der Waals surface area (Å²) < 4.78 is 6.38. The van der Waals surface area contributed by atoms with Gasteiger partial charge in [-0.05, 0) is 24.3 Å². The van der Waals surface area contributed by atoms with Gasteiger partial charge < -0.3 is 15.1 Å². The van der Waals surface area contributed by atoms with Crippen LogP contribution in [0.15, 0.2) is 58.2 Å². The molecule has 2 aromatic heterocycles. The van der Waals surface area contributed by atoms with E-state index in [1.165, 1.54) is 17.2 Å². The van der Waals surface area contributed by atoms with Gasteiger partial charge in [-0.3, -0.25) is 19.0 Å². The molecular formula is C18H18N4O4. The number of carbonyl (C=O) groups is 2. The molecule has 0 bridgehead atoms. The van der Waals surface area contributed by atoms with Gasteiger partial charge in [-0.15, -0.1) is 0 Å². The number of benzene rings is 1. The molecule has 2 heterocycles. The number of carbonyl (C=O) groups excluding carboxylic acids is 2. The van der Waals surface area contributed by atoms with Gasteiger partial charge in [0.15, 0.2) is 5.76 Å². The Balaban J connectivity index is 1.44. The van der Waals surface area contributed by atoms with Crippen LogP contribution in [0.1, 0.15) is 17.0 Å². The summed E-state index contributed by atoms with van der Waals surface area (Å²) in [6.07, 6.45) is 3.01. The van der Waals surface area contributed by atoms with E-state index in [1.54, 1.807) is 30.3 Å². The monoisotopic (exact) mass is 354 g/mol. The molecule has 0 aliphatic heterocycles. The summed E-state index contributed by atoms with van der Waals surface area (Å²) in [5, 5.41) is 5.85. The summed E-state index contributed by atoms with van der Waals surface area (Å²) in [6, 6.07) is 10.3. The first kappa shape index (κ1) is 17.4. The van der Waals surface area contributed by atoms with E-state index >= 15 is 0 Å². The number of hydrogen-bond acceptors (Lipinski definition) is 5. The smallest absolute Gasteiger partial charge is 0.287 e. The quantitative estimate of drug-likeness (QED) is 0.614. The summed E-state index contributed by atoms with van der Waals surface area (Å²) in [5.74, 6) is -0.324. The molecule has 0 atom stereocenters. The van der Waals surface area contributed by atoms with Crippen molar-refractivity contribution in [2.24, 2.45) is 0 Å². The third kappa shape index (κ3) is 4.15. The van der Waals surface area contributed by atoms with Crippen LogP contribution in [0.5, 0.6) is 0 Å². The van der Waals surface area contributed by atoms with Crippen LogP contribution in [0.2, 0.25) is 0 Å². The van der Waals surface area contributed by atoms with E-state index in [0.717, 1.165) is 0 Å². The summed E-state index contributed by atoms with van der Waals surface area (Å²) in [6.45, 7) is 0.806. The Morgan fingerprint density at radius 1 is 1.08 bits per heavy atom. The first-order chi connectivity index (χ1) is 12.6. The van der Waals surface area contributed by atoms with Crippen molar-refractivity contribution in [2.45, 2.75) is 13.0 Å². The van der Waals surface area contributed by atoms with Crippen LogP contribution in [-0.2, 0) is 11.3 Å². The molecular weight excluding hydrogens is 336 g/mol. The van der Waals surface area contributed by atoms with Gasteiger partial charge in [0.1, 0.15) is 0 Å². The number of aromatic nitrogens is 2. The Morgan fingerprint density at radius 2 is 1.88 bits per heavy atom. The zero-order valence-corrected chi connectivity index (χ0v) is 14.0. The van der Waals surface area contributed by atoms with Crippen LogP contribution in [0.4, 0.5) is 0 Å². The van der Waals surface area contributed by atoms with Crippen molar-refractivity contribution in [1.82, 2.24) is 20.2 Å². The maximum absolute atomic E-state index is 12.3. The normalized spacial score (nSPS) is 10.6. The van der Waals surface area contributed by atoms with Crippen molar-refractivity contribution in [2.75, 3.05) is 13.1 Å². The van der Waals surface area contributed by atoms with Gasteiger partial charge in [0.05, 0.1) is 23.5 Å². The number of amides is 2. The number of furan rings is 1. The Kier molecular flexibility index (Phi) is 5.43. The first-order valence-corrected chi connectivity index (χ1v) is 8.18. The molecule has 134 valence electrons. The van der Waals surface area contributed by atoms with Crippen LogP contribution in [-0.4, -0.2) is 34.5 Å². The van der Waals surface area contributed by atoms with Gasteiger partial charge in [-0.25, -0.2) is 4.98 Å². The van der Waals surface area contributed by atoms with Crippen molar-refractivity contribution >= 4 is 22.7 Å². The Morgan fingerprint density at radius 3 is 2.69 bits per heavy atom. The zero-order chi connectivity index (χ0) is 18.4. The fraction of sp³-hybridized carbons (Fsp3) is 0.222. The highest BCUT2D eigenvalue weighted by Crippen LogP contribution is 2.04. The van der Waals surface area contributed by atoms with E-state index in [-0.39, 0.29) is 49.2 Å². The molecule has 8 heteroatoms. The summed E-state index contributed by atoms with van der Waals surface area (Å²) in [4.78, 5) is 40.1. The second kappa shape index (κ2) is 8.11. The third-order valence-electron chi connectivity index (χ3n) is 3.79. The van der Waals surface area contributed by atoms with Crippen LogP contribution >= 0.6 is 0 Å². The number of fused-ring (bicyclic) bond motifs is 1. The lowest BCUT2D eigenvalue weighted by molar-refractivity contribution is -0.121. The van der Waals surface area contributed by atoms with Crippen molar-refractivity contribution in [3.63, 3.8) is 0 Å². The molecule has 3 aromatic rings. The van der Waals surface area contributed by atoms with Gasteiger partial charge in [0.2, 0.25) is 5.91 Å². The molecule has 0 unspecified atom stereocenters.